The molecule has 1 aromatic carbocycles. The van der Waals surface area contributed by atoms with Crippen molar-refractivity contribution in [2.45, 2.75) is 6.92 Å². The van der Waals surface area contributed by atoms with E-state index < -0.39 is 11.6 Å². The van der Waals surface area contributed by atoms with Gasteiger partial charge in [-0.3, -0.25) is 14.7 Å². The lowest BCUT2D eigenvalue weighted by molar-refractivity contribution is 0.0816. The van der Waals surface area contributed by atoms with Gasteiger partial charge in [-0.25, -0.2) is 0 Å². The molecule has 0 aliphatic carbocycles. The van der Waals surface area contributed by atoms with Crippen LogP contribution in [0, 0.1) is 6.92 Å². The Kier molecular flexibility index (Phi) is 2.64. The Morgan fingerprint density at radius 3 is 2.38 bits per heavy atom. The highest BCUT2D eigenvalue weighted by Gasteiger charge is 2.20. The van der Waals surface area contributed by atoms with Gasteiger partial charge in [-0.15, -0.1) is 0 Å². The second kappa shape index (κ2) is 4.10. The maximum absolute atomic E-state index is 11.8. The minimum atomic E-state index is -0.530. The molecule has 0 radical (unpaired) electrons. The summed E-state index contributed by atoms with van der Waals surface area (Å²) in [4.78, 5) is 23.6. The van der Waals surface area contributed by atoms with Gasteiger partial charge in [-0.2, -0.15) is 5.10 Å². The molecule has 0 spiro atoms. The molecule has 0 aliphatic rings. The fourth-order valence-electron chi connectivity index (χ4n) is 1.42. The first-order valence-corrected chi connectivity index (χ1v) is 4.84. The molecule has 0 fully saturated rings. The van der Waals surface area contributed by atoms with Gasteiger partial charge in [0.1, 0.15) is 0 Å². The van der Waals surface area contributed by atoms with Crippen molar-refractivity contribution in [3.05, 3.63) is 53.3 Å². The fourth-order valence-corrected chi connectivity index (χ4v) is 1.42. The van der Waals surface area contributed by atoms with Crippen LogP contribution in [0.5, 0.6) is 0 Å². The number of H-pyrrole nitrogens is 1. The molecule has 80 valence electrons. The third-order valence-electron chi connectivity index (χ3n) is 2.32. The maximum Gasteiger partial charge on any atom is 0.236 e. The maximum atomic E-state index is 11.8. The van der Waals surface area contributed by atoms with E-state index in [1.54, 1.807) is 37.3 Å². The molecule has 0 saturated carbocycles. The highest BCUT2D eigenvalue weighted by Crippen LogP contribution is 2.09. The standard InChI is InChI=1S/C12H10N2O2/c1-8-10(7-13-14-8)12(16)11(15)9-5-3-2-4-6-9/h2-7H,1H3,(H,13,14). The quantitative estimate of drug-likeness (QED) is 0.625. The van der Waals surface area contributed by atoms with Gasteiger partial charge in [0.05, 0.1) is 11.8 Å². The van der Waals surface area contributed by atoms with Crippen LogP contribution in [0.15, 0.2) is 36.5 Å². The van der Waals surface area contributed by atoms with Crippen LogP contribution in [0.3, 0.4) is 0 Å². The van der Waals surface area contributed by atoms with Crippen LogP contribution in [-0.4, -0.2) is 21.8 Å². The molecular formula is C12H10N2O2. The Morgan fingerprint density at radius 1 is 1.12 bits per heavy atom. The van der Waals surface area contributed by atoms with Gasteiger partial charge >= 0.3 is 0 Å². The average molecular weight is 214 g/mol. The van der Waals surface area contributed by atoms with E-state index in [2.05, 4.69) is 10.2 Å². The lowest BCUT2D eigenvalue weighted by Crippen LogP contribution is -2.14. The van der Waals surface area contributed by atoms with Crippen LogP contribution < -0.4 is 0 Å². The summed E-state index contributed by atoms with van der Waals surface area (Å²) in [5, 5.41) is 6.35. The molecule has 2 rings (SSSR count). The van der Waals surface area contributed by atoms with E-state index in [0.717, 1.165) is 0 Å². The second-order valence-electron chi connectivity index (χ2n) is 3.43. The fraction of sp³-hybridized carbons (Fsp3) is 0.0833. The topological polar surface area (TPSA) is 62.8 Å². The number of hydrogen-bond donors (Lipinski definition) is 1. The van der Waals surface area contributed by atoms with E-state index in [1.807, 2.05) is 0 Å². The molecule has 0 aliphatic heterocycles. The molecule has 4 nitrogen and oxygen atoms in total. The summed E-state index contributed by atoms with van der Waals surface area (Å²) in [6.07, 6.45) is 1.37. The van der Waals surface area contributed by atoms with Crippen molar-refractivity contribution in [1.82, 2.24) is 10.2 Å². The molecule has 1 N–H and O–H groups in total. The zero-order chi connectivity index (χ0) is 11.5. The number of rotatable bonds is 3. The van der Waals surface area contributed by atoms with Gasteiger partial charge in [0.2, 0.25) is 11.6 Å². The van der Waals surface area contributed by atoms with Crippen LogP contribution >= 0.6 is 0 Å². The second-order valence-corrected chi connectivity index (χ2v) is 3.43. The zero-order valence-electron chi connectivity index (χ0n) is 8.73. The summed E-state index contributed by atoms with van der Waals surface area (Å²) in [5.74, 6) is -1.04. The number of ketones is 2. The van der Waals surface area contributed by atoms with Crippen LogP contribution in [-0.2, 0) is 0 Å². The molecule has 0 bridgehead atoms. The first-order chi connectivity index (χ1) is 7.70. The smallest absolute Gasteiger partial charge is 0.236 e. The van der Waals surface area contributed by atoms with Gasteiger partial charge in [0, 0.05) is 11.3 Å². The van der Waals surface area contributed by atoms with Crippen molar-refractivity contribution in [3.8, 4) is 0 Å². The summed E-state index contributed by atoms with van der Waals surface area (Å²) in [5.41, 5.74) is 1.33. The van der Waals surface area contributed by atoms with E-state index in [9.17, 15) is 9.59 Å². The van der Waals surface area contributed by atoms with Gasteiger partial charge in [-0.05, 0) is 6.92 Å². The minimum Gasteiger partial charge on any atom is -0.285 e. The van der Waals surface area contributed by atoms with Crippen LogP contribution in [0.2, 0.25) is 0 Å². The van der Waals surface area contributed by atoms with Crippen LogP contribution in [0.4, 0.5) is 0 Å². The highest BCUT2D eigenvalue weighted by atomic mass is 16.2. The van der Waals surface area contributed by atoms with E-state index in [1.165, 1.54) is 6.20 Å². The average Bonchev–Trinajstić information content (AvgIpc) is 2.75. The summed E-state index contributed by atoms with van der Waals surface area (Å²) >= 11 is 0. The highest BCUT2D eigenvalue weighted by molar-refractivity contribution is 6.49. The zero-order valence-corrected chi connectivity index (χ0v) is 8.73. The van der Waals surface area contributed by atoms with Gasteiger partial charge in [-0.1, -0.05) is 30.3 Å². The van der Waals surface area contributed by atoms with Gasteiger partial charge in [0.15, 0.2) is 0 Å². The van der Waals surface area contributed by atoms with E-state index in [-0.39, 0.29) is 0 Å². The molecule has 2 aromatic rings. The van der Waals surface area contributed by atoms with Crippen LogP contribution in [0.25, 0.3) is 0 Å². The number of aromatic amines is 1. The third kappa shape index (κ3) is 1.77. The van der Waals surface area contributed by atoms with Crippen molar-refractivity contribution in [1.29, 1.82) is 0 Å². The Balaban J connectivity index is 2.31. The number of nitrogens with zero attached hydrogens (tertiary/aromatic N) is 1. The Labute approximate surface area is 92.3 Å². The predicted octanol–water partition coefficient (Wildman–Crippen LogP) is 1.78. The van der Waals surface area contributed by atoms with Crippen molar-refractivity contribution in [2.24, 2.45) is 0 Å². The number of benzene rings is 1. The van der Waals surface area contributed by atoms with E-state index in [4.69, 9.17) is 0 Å². The van der Waals surface area contributed by atoms with Crippen molar-refractivity contribution >= 4 is 11.6 Å². The summed E-state index contributed by atoms with van der Waals surface area (Å²) in [6.45, 7) is 1.71. The van der Waals surface area contributed by atoms with E-state index >= 15 is 0 Å². The monoisotopic (exact) mass is 214 g/mol. The third-order valence-corrected chi connectivity index (χ3v) is 2.32. The number of carbonyl (C=O) groups excluding carboxylic acids is 2. The number of aryl methyl sites for hydroxylation is 1. The van der Waals surface area contributed by atoms with Crippen LogP contribution in [0.1, 0.15) is 26.4 Å². The number of Topliss-reactive ketones (excluding diaryl/α,β-unsaturated/α-hetero) is 2. The van der Waals surface area contributed by atoms with Crippen molar-refractivity contribution < 1.29 is 9.59 Å². The largest absolute Gasteiger partial charge is 0.285 e. The number of hydrogen-bond acceptors (Lipinski definition) is 3. The normalized spacial score (nSPS) is 10.1. The molecule has 4 heteroatoms. The Bertz CT molecular complexity index is 529. The Hall–Kier alpha value is -2.23. The lowest BCUT2D eigenvalue weighted by atomic mass is 10.0. The molecular weight excluding hydrogens is 204 g/mol. The predicted molar refractivity (Wildman–Crippen MR) is 58.4 cm³/mol. The number of nitrogens with one attached hydrogen (secondary N) is 1. The first kappa shape index (κ1) is 10.3. The summed E-state index contributed by atoms with van der Waals surface area (Å²) < 4.78 is 0. The lowest BCUT2D eigenvalue weighted by Gasteiger charge is -1.98. The number of aromatic nitrogens is 2. The Morgan fingerprint density at radius 2 is 1.81 bits per heavy atom. The van der Waals surface area contributed by atoms with Gasteiger partial charge < -0.3 is 0 Å². The SMILES string of the molecule is Cc1[nH]ncc1C(=O)C(=O)c1ccccc1. The molecule has 16 heavy (non-hydrogen) atoms. The molecule has 0 unspecified atom stereocenters. The molecule has 1 heterocycles. The minimum absolute atomic E-state index is 0.328. The molecule has 0 amide bonds. The number of carbonyl (C=O) groups is 2. The van der Waals surface area contributed by atoms with E-state index in [0.29, 0.717) is 16.8 Å². The van der Waals surface area contributed by atoms with Crippen molar-refractivity contribution in [3.63, 3.8) is 0 Å². The first-order valence-electron chi connectivity index (χ1n) is 4.84. The molecule has 1 aromatic heterocycles. The summed E-state index contributed by atoms with van der Waals surface area (Å²) in [7, 11) is 0. The van der Waals surface area contributed by atoms with Gasteiger partial charge in [0.25, 0.3) is 0 Å². The molecule has 0 saturated heterocycles. The molecule has 0 atom stereocenters. The van der Waals surface area contributed by atoms with Crippen molar-refractivity contribution in [2.75, 3.05) is 0 Å². The summed E-state index contributed by atoms with van der Waals surface area (Å²) in [6, 6.07) is 8.49.